The summed E-state index contributed by atoms with van der Waals surface area (Å²) in [6.07, 6.45) is 1.45. The zero-order valence-electron chi connectivity index (χ0n) is 22.0. The first-order chi connectivity index (χ1) is 19.2. The number of benzene rings is 4. The molecule has 0 aliphatic heterocycles. The van der Waals surface area contributed by atoms with E-state index in [-0.39, 0.29) is 5.75 Å². The molecule has 2 N–H and O–H groups in total. The average Bonchev–Trinajstić information content (AvgIpc) is 3.30. The van der Waals surface area contributed by atoms with Gasteiger partial charge < -0.3 is 9.72 Å². The number of carbonyl (C=O) groups excluding carboxylic acids is 2. The normalized spacial score (nSPS) is 11.2. The van der Waals surface area contributed by atoms with E-state index in [1.165, 1.54) is 6.21 Å². The summed E-state index contributed by atoms with van der Waals surface area (Å²) < 4.78 is 7.04. The summed E-state index contributed by atoms with van der Waals surface area (Å²) in [6.45, 7) is 5.97. The molecule has 0 radical (unpaired) electrons. The van der Waals surface area contributed by atoms with Crippen molar-refractivity contribution in [2.75, 3.05) is 0 Å². The van der Waals surface area contributed by atoms with Gasteiger partial charge in [0.05, 0.1) is 16.3 Å². The molecule has 6 nitrogen and oxygen atoms in total. The van der Waals surface area contributed by atoms with E-state index in [1.54, 1.807) is 30.3 Å². The van der Waals surface area contributed by atoms with Crippen molar-refractivity contribution < 1.29 is 14.3 Å². The van der Waals surface area contributed by atoms with E-state index in [0.29, 0.717) is 21.3 Å². The number of hydrogen-bond donors (Lipinski definition) is 2. The summed E-state index contributed by atoms with van der Waals surface area (Å²) >= 11 is 6.95. The van der Waals surface area contributed by atoms with Gasteiger partial charge in [0.2, 0.25) is 0 Å². The van der Waals surface area contributed by atoms with E-state index >= 15 is 0 Å². The summed E-state index contributed by atoms with van der Waals surface area (Å²) in [5.74, 6) is -0.605. The number of nitrogens with zero attached hydrogens (tertiary/aromatic N) is 1. The first kappa shape index (κ1) is 27.6. The molecule has 0 fully saturated rings. The lowest BCUT2D eigenvalue weighted by molar-refractivity contribution is 0.0732. The highest BCUT2D eigenvalue weighted by molar-refractivity contribution is 9.11. The number of hydrogen-bond acceptors (Lipinski definition) is 4. The predicted molar refractivity (Wildman–Crippen MR) is 166 cm³/mol. The lowest BCUT2D eigenvalue weighted by Crippen LogP contribution is -2.19. The number of fused-ring (bicyclic) bond motifs is 1. The smallest absolute Gasteiger partial charge is 0.343 e. The number of rotatable bonds is 6. The van der Waals surface area contributed by atoms with Crippen LogP contribution < -0.4 is 10.2 Å². The molecule has 0 saturated carbocycles. The molecule has 1 heterocycles. The number of amides is 1. The Bertz CT molecular complexity index is 1790. The molecular weight excluding hydrogens is 634 g/mol. The van der Waals surface area contributed by atoms with Gasteiger partial charge in [-0.25, -0.2) is 10.2 Å². The van der Waals surface area contributed by atoms with Crippen LogP contribution in [0.4, 0.5) is 0 Å². The fourth-order valence-electron chi connectivity index (χ4n) is 4.65. The summed E-state index contributed by atoms with van der Waals surface area (Å²) in [7, 11) is 0. The van der Waals surface area contributed by atoms with E-state index in [9.17, 15) is 9.59 Å². The second-order valence-electron chi connectivity index (χ2n) is 9.51. The maximum absolute atomic E-state index is 13.4. The number of aromatic amines is 1. The van der Waals surface area contributed by atoms with Gasteiger partial charge in [-0.1, -0.05) is 75.6 Å². The minimum atomic E-state index is -0.498. The van der Waals surface area contributed by atoms with Crippen LogP contribution in [0.15, 0.2) is 92.9 Å². The van der Waals surface area contributed by atoms with Crippen LogP contribution in [0, 0.1) is 20.8 Å². The highest BCUT2D eigenvalue weighted by atomic mass is 79.9. The van der Waals surface area contributed by atoms with Crippen molar-refractivity contribution in [2.24, 2.45) is 5.10 Å². The number of hydrazone groups is 1. The Morgan fingerprint density at radius 1 is 0.900 bits per heavy atom. The minimum Gasteiger partial charge on any atom is -0.421 e. The summed E-state index contributed by atoms with van der Waals surface area (Å²) in [6, 6.07) is 24.7. The first-order valence-electron chi connectivity index (χ1n) is 12.5. The Morgan fingerprint density at radius 2 is 1.68 bits per heavy atom. The van der Waals surface area contributed by atoms with E-state index < -0.39 is 11.9 Å². The maximum atomic E-state index is 13.4. The fraction of sp³-hybridized carbons (Fsp3) is 0.0938. The van der Waals surface area contributed by atoms with Crippen molar-refractivity contribution >= 4 is 60.9 Å². The Balaban J connectivity index is 1.46. The Labute approximate surface area is 248 Å². The lowest BCUT2D eigenvalue weighted by atomic mass is 9.99. The van der Waals surface area contributed by atoms with Crippen LogP contribution in [0.1, 0.15) is 43.1 Å². The number of ether oxygens (including phenoxy) is 1. The number of esters is 1. The molecule has 4 aromatic carbocycles. The SMILES string of the molecule is Cc1cccc(C(=O)Oc2c(Br)cc(Br)cc2C=NNC(=O)c2[nH]c3c(C)cc(C)cc3c2-c2ccccc2)c1. The highest BCUT2D eigenvalue weighted by Crippen LogP contribution is 2.35. The third kappa shape index (κ3) is 5.78. The van der Waals surface area contributed by atoms with Gasteiger partial charge in [-0.15, -0.1) is 0 Å². The Hall–Kier alpha value is -4.01. The highest BCUT2D eigenvalue weighted by Gasteiger charge is 2.21. The van der Waals surface area contributed by atoms with E-state index in [1.807, 2.05) is 57.2 Å². The van der Waals surface area contributed by atoms with Crippen LogP contribution in [-0.2, 0) is 0 Å². The molecule has 200 valence electrons. The first-order valence-corrected chi connectivity index (χ1v) is 14.1. The van der Waals surface area contributed by atoms with Crippen LogP contribution in [0.2, 0.25) is 0 Å². The number of carbonyl (C=O) groups is 2. The molecule has 5 aromatic rings. The number of aromatic nitrogens is 1. The van der Waals surface area contributed by atoms with Gasteiger partial charge in [0.15, 0.2) is 5.75 Å². The van der Waals surface area contributed by atoms with Gasteiger partial charge in [0, 0.05) is 26.5 Å². The van der Waals surface area contributed by atoms with Crippen molar-refractivity contribution in [3.63, 3.8) is 0 Å². The molecule has 0 saturated heterocycles. The van der Waals surface area contributed by atoms with Gasteiger partial charge >= 0.3 is 5.97 Å². The van der Waals surface area contributed by atoms with Gasteiger partial charge in [-0.3, -0.25) is 4.79 Å². The summed E-state index contributed by atoms with van der Waals surface area (Å²) in [4.78, 5) is 29.6. The van der Waals surface area contributed by atoms with Crippen LogP contribution in [0.5, 0.6) is 5.75 Å². The summed E-state index contributed by atoms with van der Waals surface area (Å²) in [5, 5.41) is 5.19. The standard InChI is InChI=1S/C32H25Br2N3O3/c1-18-8-7-11-22(13-18)32(39)40-30-23(15-24(33)16-26(30)34)17-35-37-31(38)29-27(21-9-5-4-6-10-21)25-14-19(2)12-20(3)28(25)36-29/h4-17,36H,1-3H3,(H,37,38). The van der Waals surface area contributed by atoms with E-state index in [4.69, 9.17) is 4.74 Å². The molecule has 5 rings (SSSR count). The molecule has 0 aliphatic rings. The van der Waals surface area contributed by atoms with Crippen molar-refractivity contribution in [3.8, 4) is 16.9 Å². The zero-order chi connectivity index (χ0) is 28.4. The summed E-state index contributed by atoms with van der Waals surface area (Å²) in [5.41, 5.74) is 9.73. The van der Waals surface area contributed by atoms with E-state index in [2.05, 4.69) is 59.5 Å². The number of aryl methyl sites for hydroxylation is 3. The monoisotopic (exact) mass is 657 g/mol. The van der Waals surface area contributed by atoms with Gasteiger partial charge in [0.1, 0.15) is 5.69 Å². The minimum absolute atomic E-state index is 0.286. The molecule has 0 atom stereocenters. The molecule has 0 spiro atoms. The fourth-order valence-corrected chi connectivity index (χ4v) is 5.99. The molecular formula is C32H25Br2N3O3. The van der Waals surface area contributed by atoms with Gasteiger partial charge in [-0.05, 0) is 78.2 Å². The maximum Gasteiger partial charge on any atom is 0.343 e. The van der Waals surface area contributed by atoms with Crippen LogP contribution in [0.25, 0.3) is 22.0 Å². The molecule has 0 unspecified atom stereocenters. The zero-order valence-corrected chi connectivity index (χ0v) is 25.2. The third-order valence-corrected chi connectivity index (χ3v) is 7.44. The van der Waals surface area contributed by atoms with Crippen LogP contribution in [-0.4, -0.2) is 23.1 Å². The lowest BCUT2D eigenvalue weighted by Gasteiger charge is -2.11. The van der Waals surface area contributed by atoms with Gasteiger partial charge in [0.25, 0.3) is 5.91 Å². The molecule has 0 bridgehead atoms. The predicted octanol–water partition coefficient (Wildman–Crippen LogP) is 8.27. The van der Waals surface area contributed by atoms with Crippen LogP contribution >= 0.6 is 31.9 Å². The molecule has 1 amide bonds. The molecule has 1 aromatic heterocycles. The topological polar surface area (TPSA) is 83.5 Å². The van der Waals surface area contributed by atoms with Crippen molar-refractivity contribution in [1.29, 1.82) is 0 Å². The second-order valence-corrected chi connectivity index (χ2v) is 11.3. The second kappa shape index (κ2) is 11.6. The van der Waals surface area contributed by atoms with Crippen LogP contribution in [0.3, 0.4) is 0 Å². The van der Waals surface area contributed by atoms with E-state index in [0.717, 1.165) is 43.2 Å². The number of H-pyrrole nitrogens is 1. The average molecular weight is 659 g/mol. The Morgan fingerprint density at radius 3 is 2.42 bits per heavy atom. The van der Waals surface area contributed by atoms with Crippen molar-refractivity contribution in [3.05, 3.63) is 121 Å². The Kier molecular flexibility index (Phi) is 8.00. The third-order valence-electron chi connectivity index (χ3n) is 6.39. The number of nitrogens with one attached hydrogen (secondary N) is 2. The quantitative estimate of drug-likeness (QED) is 0.0834. The molecule has 40 heavy (non-hydrogen) atoms. The number of halogens is 2. The van der Waals surface area contributed by atoms with Gasteiger partial charge in [-0.2, -0.15) is 5.10 Å². The van der Waals surface area contributed by atoms with Crippen molar-refractivity contribution in [2.45, 2.75) is 20.8 Å². The van der Waals surface area contributed by atoms with Crippen molar-refractivity contribution in [1.82, 2.24) is 10.4 Å². The largest absolute Gasteiger partial charge is 0.421 e. The molecule has 8 heteroatoms. The molecule has 0 aliphatic carbocycles.